The molecule has 0 saturated heterocycles. The van der Waals surface area contributed by atoms with E-state index in [1.807, 2.05) is 6.92 Å². The molecule has 0 bridgehead atoms. The number of hydrogen-bond donors (Lipinski definition) is 1. The fraction of sp³-hybridized carbons (Fsp3) is 0.263. The second-order valence-electron chi connectivity index (χ2n) is 6.89. The van der Waals surface area contributed by atoms with E-state index in [0.717, 1.165) is 10.6 Å². The van der Waals surface area contributed by atoms with Crippen LogP contribution in [0.25, 0.3) is 0 Å². The predicted octanol–water partition coefficient (Wildman–Crippen LogP) is 3.49. The van der Waals surface area contributed by atoms with E-state index in [0.29, 0.717) is 5.56 Å². The van der Waals surface area contributed by atoms with Crippen molar-refractivity contribution in [3.05, 3.63) is 75.3 Å². The highest BCUT2D eigenvalue weighted by Crippen LogP contribution is 2.23. The van der Waals surface area contributed by atoms with Gasteiger partial charge in [-0.3, -0.25) is 25.1 Å². The van der Waals surface area contributed by atoms with Gasteiger partial charge in [-0.25, -0.2) is 5.01 Å². The number of benzene rings is 2. The van der Waals surface area contributed by atoms with Gasteiger partial charge in [0, 0.05) is 11.6 Å². The molecule has 26 heavy (non-hydrogen) atoms. The van der Waals surface area contributed by atoms with Crippen molar-refractivity contribution in [1.82, 2.24) is 10.4 Å². The third kappa shape index (κ3) is 4.24. The maximum atomic E-state index is 12.9. The average Bonchev–Trinajstić information content (AvgIpc) is 2.58. The number of nitro groups is 1. The Balaban J connectivity index is 2.36. The van der Waals surface area contributed by atoms with E-state index in [9.17, 15) is 19.7 Å². The molecule has 136 valence electrons. The SMILES string of the molecule is Cc1ccc(C(=O)NN(C(=O)c2ccccc2[N+](=O)[O-])C(C)(C)C)cc1. The highest BCUT2D eigenvalue weighted by atomic mass is 16.6. The van der Waals surface area contributed by atoms with Crippen LogP contribution in [0.2, 0.25) is 0 Å². The molecule has 0 aliphatic rings. The lowest BCUT2D eigenvalue weighted by atomic mass is 10.1. The van der Waals surface area contributed by atoms with Crippen molar-refractivity contribution < 1.29 is 14.5 Å². The molecule has 0 spiro atoms. The number of aryl methyl sites for hydroxylation is 1. The number of hydrazine groups is 1. The number of nitrogens with zero attached hydrogens (tertiary/aromatic N) is 2. The summed E-state index contributed by atoms with van der Waals surface area (Å²) in [5.41, 5.74) is 2.79. The minimum atomic E-state index is -0.791. The summed E-state index contributed by atoms with van der Waals surface area (Å²) in [6.45, 7) is 7.10. The number of nitrogens with one attached hydrogen (secondary N) is 1. The van der Waals surface area contributed by atoms with E-state index in [2.05, 4.69) is 5.43 Å². The highest BCUT2D eigenvalue weighted by molar-refractivity contribution is 6.01. The number of carbonyl (C=O) groups is 2. The van der Waals surface area contributed by atoms with Gasteiger partial charge in [0.1, 0.15) is 5.56 Å². The Morgan fingerprint density at radius 1 is 1.04 bits per heavy atom. The van der Waals surface area contributed by atoms with Gasteiger partial charge in [0.25, 0.3) is 17.5 Å². The van der Waals surface area contributed by atoms with Crippen molar-refractivity contribution in [3.63, 3.8) is 0 Å². The molecule has 0 atom stereocenters. The maximum absolute atomic E-state index is 12.9. The van der Waals surface area contributed by atoms with E-state index >= 15 is 0 Å². The summed E-state index contributed by atoms with van der Waals surface area (Å²) in [5.74, 6) is -1.11. The molecule has 2 aromatic rings. The minimum absolute atomic E-state index is 0.0865. The van der Waals surface area contributed by atoms with Crippen molar-refractivity contribution in [3.8, 4) is 0 Å². The van der Waals surface area contributed by atoms with Crippen LogP contribution in [0.3, 0.4) is 0 Å². The van der Waals surface area contributed by atoms with Gasteiger partial charge in [-0.1, -0.05) is 29.8 Å². The number of rotatable bonds is 3. The van der Waals surface area contributed by atoms with Gasteiger partial charge in [0.05, 0.1) is 10.5 Å². The molecule has 7 nitrogen and oxygen atoms in total. The highest BCUT2D eigenvalue weighted by Gasteiger charge is 2.33. The smallest absolute Gasteiger partial charge is 0.267 e. The van der Waals surface area contributed by atoms with Crippen LogP contribution in [0.4, 0.5) is 5.69 Å². The van der Waals surface area contributed by atoms with Crippen LogP contribution in [0.1, 0.15) is 47.1 Å². The summed E-state index contributed by atoms with van der Waals surface area (Å²) in [4.78, 5) is 36.1. The molecule has 0 aliphatic carbocycles. The van der Waals surface area contributed by atoms with Crippen molar-refractivity contribution in [1.29, 1.82) is 0 Å². The summed E-state index contributed by atoms with van der Waals surface area (Å²) in [6.07, 6.45) is 0. The fourth-order valence-electron chi connectivity index (χ4n) is 2.33. The van der Waals surface area contributed by atoms with Gasteiger partial charge in [0.2, 0.25) is 0 Å². The Bertz CT molecular complexity index is 839. The molecule has 0 aliphatic heterocycles. The van der Waals surface area contributed by atoms with Crippen LogP contribution in [0, 0.1) is 17.0 Å². The van der Waals surface area contributed by atoms with E-state index in [-0.39, 0.29) is 11.3 Å². The Labute approximate surface area is 151 Å². The molecule has 0 radical (unpaired) electrons. The first-order valence-electron chi connectivity index (χ1n) is 8.07. The number of nitro benzene ring substituents is 1. The molecule has 1 N–H and O–H groups in total. The summed E-state index contributed by atoms with van der Waals surface area (Å²) in [7, 11) is 0. The zero-order valence-electron chi connectivity index (χ0n) is 15.1. The first kappa shape index (κ1) is 19.1. The summed E-state index contributed by atoms with van der Waals surface area (Å²) >= 11 is 0. The molecule has 7 heteroatoms. The molecule has 0 aromatic heterocycles. The number of amides is 2. The van der Waals surface area contributed by atoms with E-state index in [1.165, 1.54) is 18.2 Å². The zero-order valence-corrected chi connectivity index (χ0v) is 15.1. The van der Waals surface area contributed by atoms with Crippen LogP contribution in [-0.4, -0.2) is 27.3 Å². The zero-order chi connectivity index (χ0) is 19.5. The monoisotopic (exact) mass is 355 g/mol. The number of carbonyl (C=O) groups excluding carboxylic acids is 2. The van der Waals surface area contributed by atoms with Gasteiger partial charge < -0.3 is 0 Å². The fourth-order valence-corrected chi connectivity index (χ4v) is 2.33. The van der Waals surface area contributed by atoms with Crippen molar-refractivity contribution in [2.45, 2.75) is 33.2 Å². The average molecular weight is 355 g/mol. The Kier molecular flexibility index (Phi) is 5.40. The van der Waals surface area contributed by atoms with Crippen LogP contribution >= 0.6 is 0 Å². The molecule has 2 amide bonds. The summed E-state index contributed by atoms with van der Waals surface area (Å²) in [5, 5.41) is 12.3. The topological polar surface area (TPSA) is 92.6 Å². The van der Waals surface area contributed by atoms with Gasteiger partial charge in [-0.05, 0) is 45.9 Å². The normalized spacial score (nSPS) is 10.9. The molecular weight excluding hydrogens is 334 g/mol. The van der Waals surface area contributed by atoms with Gasteiger partial charge in [-0.2, -0.15) is 0 Å². The molecule has 0 fully saturated rings. The van der Waals surface area contributed by atoms with Crippen LogP contribution in [0.5, 0.6) is 0 Å². The number of hydrogen-bond acceptors (Lipinski definition) is 4. The van der Waals surface area contributed by atoms with Crippen LogP contribution in [-0.2, 0) is 0 Å². The molecule has 0 heterocycles. The van der Waals surface area contributed by atoms with Crippen molar-refractivity contribution >= 4 is 17.5 Å². The van der Waals surface area contributed by atoms with Crippen molar-refractivity contribution in [2.75, 3.05) is 0 Å². The molecule has 2 aromatic carbocycles. The Hall–Kier alpha value is -3.22. The van der Waals surface area contributed by atoms with Crippen molar-refractivity contribution in [2.24, 2.45) is 0 Å². The largest absolute Gasteiger partial charge is 0.282 e. The van der Waals surface area contributed by atoms with Gasteiger partial charge >= 0.3 is 0 Å². The molecule has 2 rings (SSSR count). The van der Waals surface area contributed by atoms with E-state index < -0.39 is 22.3 Å². The Morgan fingerprint density at radius 2 is 1.62 bits per heavy atom. The van der Waals surface area contributed by atoms with E-state index in [1.54, 1.807) is 51.1 Å². The number of para-hydroxylation sites is 1. The predicted molar refractivity (Wildman–Crippen MR) is 97.7 cm³/mol. The van der Waals surface area contributed by atoms with Crippen LogP contribution < -0.4 is 5.43 Å². The van der Waals surface area contributed by atoms with Gasteiger partial charge in [0.15, 0.2) is 0 Å². The summed E-state index contributed by atoms with van der Waals surface area (Å²) in [6, 6.07) is 12.6. The molecule has 0 saturated carbocycles. The lowest BCUT2D eigenvalue weighted by Gasteiger charge is -2.35. The minimum Gasteiger partial charge on any atom is -0.267 e. The maximum Gasteiger partial charge on any atom is 0.282 e. The Morgan fingerprint density at radius 3 is 2.15 bits per heavy atom. The third-order valence-corrected chi connectivity index (χ3v) is 3.73. The first-order chi connectivity index (χ1) is 12.1. The lowest BCUT2D eigenvalue weighted by molar-refractivity contribution is -0.385. The third-order valence-electron chi connectivity index (χ3n) is 3.73. The molecular formula is C19H21N3O4. The summed E-state index contributed by atoms with van der Waals surface area (Å²) < 4.78 is 0. The standard InChI is InChI=1S/C19H21N3O4/c1-13-9-11-14(12-10-13)17(23)20-21(19(2,3)4)18(24)15-7-5-6-8-16(15)22(25)26/h5-12H,1-4H3,(H,20,23). The van der Waals surface area contributed by atoms with E-state index in [4.69, 9.17) is 0 Å². The first-order valence-corrected chi connectivity index (χ1v) is 8.07. The molecule has 0 unspecified atom stereocenters. The van der Waals surface area contributed by atoms with Gasteiger partial charge in [-0.15, -0.1) is 0 Å². The lowest BCUT2D eigenvalue weighted by Crippen LogP contribution is -2.56. The quantitative estimate of drug-likeness (QED) is 0.674. The second kappa shape index (κ2) is 7.35. The second-order valence-corrected chi connectivity index (χ2v) is 6.89. The van der Waals surface area contributed by atoms with Crippen LogP contribution in [0.15, 0.2) is 48.5 Å².